The van der Waals surface area contributed by atoms with E-state index in [1.807, 2.05) is 18.2 Å². The summed E-state index contributed by atoms with van der Waals surface area (Å²) in [7, 11) is 3.76. The van der Waals surface area contributed by atoms with Crippen molar-refractivity contribution in [3.8, 4) is 11.5 Å². The van der Waals surface area contributed by atoms with E-state index < -0.39 is 0 Å². The molecular weight excluding hydrogens is 304 g/mol. The van der Waals surface area contributed by atoms with Crippen molar-refractivity contribution in [2.75, 3.05) is 27.2 Å². The lowest BCUT2D eigenvalue weighted by Gasteiger charge is -2.39. The Morgan fingerprint density at radius 3 is 2.71 bits per heavy atom. The number of rotatable bonds is 3. The second kappa shape index (κ2) is 6.63. The lowest BCUT2D eigenvalue weighted by molar-refractivity contribution is -0.127. The van der Waals surface area contributed by atoms with Crippen LogP contribution in [0.1, 0.15) is 44.7 Å². The smallest absolute Gasteiger partial charge is 0.223 e. The average molecular weight is 332 g/mol. The minimum atomic E-state index is -0.315. The predicted molar refractivity (Wildman–Crippen MR) is 93.4 cm³/mol. The number of hydrogen-bond donors (Lipinski definition) is 1. The zero-order valence-electron chi connectivity index (χ0n) is 15.1. The second-order valence-corrected chi connectivity index (χ2v) is 7.61. The van der Waals surface area contributed by atoms with E-state index in [1.54, 1.807) is 7.11 Å². The van der Waals surface area contributed by atoms with Gasteiger partial charge in [-0.3, -0.25) is 4.79 Å². The number of carbonyl (C=O) groups is 1. The van der Waals surface area contributed by atoms with Crippen LogP contribution in [0.4, 0.5) is 0 Å². The fourth-order valence-electron chi connectivity index (χ4n) is 3.65. The van der Waals surface area contributed by atoms with Crippen LogP contribution in [0.15, 0.2) is 18.2 Å². The van der Waals surface area contributed by atoms with Crippen molar-refractivity contribution in [3.05, 3.63) is 23.8 Å². The lowest BCUT2D eigenvalue weighted by atomic mass is 9.88. The van der Waals surface area contributed by atoms with Crippen molar-refractivity contribution in [2.24, 2.45) is 5.92 Å². The van der Waals surface area contributed by atoms with Gasteiger partial charge in [-0.25, -0.2) is 0 Å². The first kappa shape index (κ1) is 17.1. The Hall–Kier alpha value is -1.75. The summed E-state index contributed by atoms with van der Waals surface area (Å²) in [6.45, 7) is 6.10. The highest BCUT2D eigenvalue weighted by Gasteiger charge is 2.36. The van der Waals surface area contributed by atoms with Gasteiger partial charge in [0.15, 0.2) is 0 Å². The molecule has 1 fully saturated rings. The van der Waals surface area contributed by atoms with Crippen molar-refractivity contribution in [3.63, 3.8) is 0 Å². The van der Waals surface area contributed by atoms with Crippen molar-refractivity contribution < 1.29 is 14.3 Å². The van der Waals surface area contributed by atoms with Gasteiger partial charge < -0.3 is 19.7 Å². The highest BCUT2D eigenvalue weighted by molar-refractivity contribution is 5.79. The molecule has 1 N–H and O–H groups in total. The summed E-state index contributed by atoms with van der Waals surface area (Å²) in [4.78, 5) is 15.0. The van der Waals surface area contributed by atoms with Crippen molar-refractivity contribution in [1.82, 2.24) is 10.2 Å². The Balaban J connectivity index is 1.77. The normalized spacial score (nSPS) is 23.9. The van der Waals surface area contributed by atoms with E-state index in [9.17, 15) is 4.79 Å². The molecule has 1 saturated heterocycles. The molecule has 0 aliphatic carbocycles. The third-order valence-electron chi connectivity index (χ3n) is 5.08. The summed E-state index contributed by atoms with van der Waals surface area (Å²) < 4.78 is 11.4. The molecule has 0 radical (unpaired) electrons. The number of nitrogens with zero attached hydrogens (tertiary/aromatic N) is 1. The number of likely N-dealkylation sites (tertiary alicyclic amines) is 1. The molecule has 132 valence electrons. The van der Waals surface area contributed by atoms with Gasteiger partial charge >= 0.3 is 0 Å². The molecular formula is C19H28N2O3. The molecule has 0 spiro atoms. The molecule has 5 heteroatoms. The molecule has 0 aromatic heterocycles. The van der Waals surface area contributed by atoms with E-state index in [0.717, 1.165) is 49.4 Å². The SMILES string of the molecule is COc1ccc2c(c1)OC(C)(C)C[C@@H]2NC(=O)C1CCN(C)CC1. The second-order valence-electron chi connectivity index (χ2n) is 7.61. The number of nitrogens with one attached hydrogen (secondary N) is 1. The molecule has 1 amide bonds. The zero-order valence-corrected chi connectivity index (χ0v) is 15.1. The van der Waals surface area contributed by atoms with Gasteiger partial charge in [-0.1, -0.05) is 0 Å². The quantitative estimate of drug-likeness (QED) is 0.925. The summed E-state index contributed by atoms with van der Waals surface area (Å²) >= 11 is 0. The van der Waals surface area contributed by atoms with Crippen molar-refractivity contribution >= 4 is 5.91 Å². The van der Waals surface area contributed by atoms with Crippen LogP contribution in [-0.4, -0.2) is 43.7 Å². The first-order chi connectivity index (χ1) is 11.4. The molecule has 1 aromatic carbocycles. The molecule has 1 atom stereocenters. The lowest BCUT2D eigenvalue weighted by Crippen LogP contribution is -2.44. The zero-order chi connectivity index (χ0) is 17.3. The Labute approximate surface area is 144 Å². The number of fused-ring (bicyclic) bond motifs is 1. The molecule has 24 heavy (non-hydrogen) atoms. The summed E-state index contributed by atoms with van der Waals surface area (Å²) in [5.74, 6) is 1.87. The van der Waals surface area contributed by atoms with Crippen LogP contribution in [0.25, 0.3) is 0 Å². The number of hydrogen-bond acceptors (Lipinski definition) is 4. The summed E-state index contributed by atoms with van der Waals surface area (Å²) in [5, 5.41) is 3.27. The van der Waals surface area contributed by atoms with Gasteiger partial charge in [0.2, 0.25) is 5.91 Å². The van der Waals surface area contributed by atoms with Crippen LogP contribution in [0.2, 0.25) is 0 Å². The number of carbonyl (C=O) groups excluding carboxylic acids is 1. The monoisotopic (exact) mass is 332 g/mol. The maximum atomic E-state index is 12.7. The van der Waals surface area contributed by atoms with Crippen LogP contribution in [0.3, 0.4) is 0 Å². The van der Waals surface area contributed by atoms with Gasteiger partial charge in [-0.2, -0.15) is 0 Å². The van der Waals surface area contributed by atoms with Crippen molar-refractivity contribution in [1.29, 1.82) is 0 Å². The fourth-order valence-corrected chi connectivity index (χ4v) is 3.65. The van der Waals surface area contributed by atoms with Gasteiger partial charge in [0, 0.05) is 24.0 Å². The van der Waals surface area contributed by atoms with E-state index in [-0.39, 0.29) is 23.5 Å². The Morgan fingerprint density at radius 2 is 2.04 bits per heavy atom. The van der Waals surface area contributed by atoms with Crippen molar-refractivity contribution in [2.45, 2.75) is 44.8 Å². The molecule has 0 unspecified atom stereocenters. The summed E-state index contributed by atoms with van der Waals surface area (Å²) in [5.41, 5.74) is 0.723. The minimum Gasteiger partial charge on any atom is -0.497 e. The number of methoxy groups -OCH3 is 1. The Bertz CT molecular complexity index is 607. The maximum absolute atomic E-state index is 12.7. The topological polar surface area (TPSA) is 50.8 Å². The molecule has 1 aromatic rings. The van der Waals surface area contributed by atoms with E-state index in [0.29, 0.717) is 0 Å². The molecule has 2 aliphatic rings. The first-order valence-electron chi connectivity index (χ1n) is 8.74. The van der Waals surface area contributed by atoms with E-state index in [1.165, 1.54) is 0 Å². The third-order valence-corrected chi connectivity index (χ3v) is 5.08. The minimum absolute atomic E-state index is 0.0122. The van der Waals surface area contributed by atoms with Crippen LogP contribution < -0.4 is 14.8 Å². The van der Waals surface area contributed by atoms with E-state index in [2.05, 4.69) is 31.1 Å². The molecule has 0 bridgehead atoms. The fraction of sp³-hybridized carbons (Fsp3) is 0.632. The van der Waals surface area contributed by atoms with Crippen LogP contribution >= 0.6 is 0 Å². The molecule has 2 heterocycles. The highest BCUT2D eigenvalue weighted by Crippen LogP contribution is 2.41. The van der Waals surface area contributed by atoms with E-state index >= 15 is 0 Å². The van der Waals surface area contributed by atoms with Crippen LogP contribution in [0.5, 0.6) is 11.5 Å². The van der Waals surface area contributed by atoms with Gasteiger partial charge in [0.25, 0.3) is 0 Å². The van der Waals surface area contributed by atoms with Gasteiger partial charge in [-0.05, 0) is 59.0 Å². The first-order valence-corrected chi connectivity index (χ1v) is 8.74. The highest BCUT2D eigenvalue weighted by atomic mass is 16.5. The molecule has 2 aliphatic heterocycles. The predicted octanol–water partition coefficient (Wildman–Crippen LogP) is 2.76. The number of piperidine rings is 1. The average Bonchev–Trinajstić information content (AvgIpc) is 2.53. The van der Waals surface area contributed by atoms with Gasteiger partial charge in [0.05, 0.1) is 13.2 Å². The molecule has 0 saturated carbocycles. The largest absolute Gasteiger partial charge is 0.497 e. The van der Waals surface area contributed by atoms with Crippen LogP contribution in [0, 0.1) is 5.92 Å². The van der Waals surface area contributed by atoms with Gasteiger partial charge in [0.1, 0.15) is 17.1 Å². The molecule has 3 rings (SSSR count). The molecule has 5 nitrogen and oxygen atoms in total. The Kier molecular flexibility index (Phi) is 4.72. The summed E-state index contributed by atoms with van der Waals surface area (Å²) in [6.07, 6.45) is 2.64. The van der Waals surface area contributed by atoms with Gasteiger partial charge in [-0.15, -0.1) is 0 Å². The maximum Gasteiger partial charge on any atom is 0.223 e. The third kappa shape index (κ3) is 3.66. The number of benzene rings is 1. The number of ether oxygens (including phenoxy) is 2. The summed E-state index contributed by atoms with van der Waals surface area (Å²) in [6, 6.07) is 5.82. The standard InChI is InChI=1S/C19H28N2O3/c1-19(2)12-16(15-6-5-14(23-4)11-17(15)24-19)20-18(22)13-7-9-21(3)10-8-13/h5-6,11,13,16H,7-10,12H2,1-4H3,(H,20,22)/t16-/m0/s1. The van der Waals surface area contributed by atoms with Crippen LogP contribution in [-0.2, 0) is 4.79 Å². The van der Waals surface area contributed by atoms with E-state index in [4.69, 9.17) is 9.47 Å². The Morgan fingerprint density at radius 1 is 1.33 bits per heavy atom. The number of amides is 1.